The molecule has 2 N–H and O–H groups in total. The van der Waals surface area contributed by atoms with Gasteiger partial charge in [0.2, 0.25) is 0 Å². The van der Waals surface area contributed by atoms with E-state index in [2.05, 4.69) is 90.2 Å². The van der Waals surface area contributed by atoms with Crippen LogP contribution in [0, 0.1) is 20.2 Å². The predicted molar refractivity (Wildman–Crippen MR) is 310 cm³/mol. The minimum absolute atomic E-state index is 0.0367. The lowest BCUT2D eigenvalue weighted by atomic mass is 9.83. The third-order valence-electron chi connectivity index (χ3n) is 13.7. The summed E-state index contributed by atoms with van der Waals surface area (Å²) in [5, 5.41) is 72.5. The first-order chi connectivity index (χ1) is 46.3. The van der Waals surface area contributed by atoms with Crippen LogP contribution in [0.15, 0.2) is 94.6 Å². The molecule has 2 aromatic rings. The SMILES string of the molecule is CC(=O)O[C@@H]1[C@@H](OC(C)=O)[C@H](N=[N+]=[N-])C[C@H](N=[N+]=[N-])[C@H]1O[C@H]1O[C@H](CN=[N+]=[N-])[C@H](OC(=O)c2ccc([N+](=O)[O-])cc2)[C@H](N=[N+]=[N-])[C@H]1N=[N+]=[N-].CC(=O)O[C@@H]1[C@@H](OC(C)=O)[C@H](O)[C@@H](N=[N+]=[N-])C[C@H]1N=[N+]=[N-].[N-]=[N+]=NC[C@H]1OC(O)[C@H](N=[N+]=[N-])[C@@H](F)[C@H]1OC(=O)c1ccc([N+](=O)[O-])cc1. The number of azide groups is 9. The van der Waals surface area contributed by atoms with Crippen LogP contribution in [0.1, 0.15) is 61.3 Å². The van der Waals surface area contributed by atoms with Crippen LogP contribution >= 0.6 is 0 Å². The lowest BCUT2D eigenvalue weighted by molar-refractivity contribution is -0.385. The quantitative estimate of drug-likeness (QED) is 0.0205. The number of hydrogen-bond donors (Lipinski definition) is 2. The highest BCUT2D eigenvalue weighted by molar-refractivity contribution is 5.90. The first-order valence-corrected chi connectivity index (χ1v) is 27.2. The Kier molecular flexibility index (Phi) is 30.1. The summed E-state index contributed by atoms with van der Waals surface area (Å²) in [5.74, 6) is -5.35. The van der Waals surface area contributed by atoms with Crippen molar-refractivity contribution in [3.05, 3.63) is 174 Å². The topological polar surface area (TPSA) is 751 Å². The molecule has 1 unspecified atom stereocenters. The number of nitro benzene ring substituents is 2. The zero-order valence-corrected chi connectivity index (χ0v) is 50.0. The van der Waals surface area contributed by atoms with Gasteiger partial charge in [0.05, 0.1) is 64.3 Å². The Morgan fingerprint density at radius 1 is 0.474 bits per heavy atom. The Hall–Kier alpha value is -12.4. The maximum absolute atomic E-state index is 14.7. The number of carbonyl (C=O) groups excluding carboxylic acids is 6. The van der Waals surface area contributed by atoms with Crippen LogP contribution in [0.2, 0.25) is 0 Å². The zero-order valence-electron chi connectivity index (χ0n) is 50.0. The second-order valence-corrected chi connectivity index (χ2v) is 19.8. The predicted octanol–water partition coefficient (Wildman–Crippen LogP) is 7.66. The maximum atomic E-state index is 14.7. The summed E-state index contributed by atoms with van der Waals surface area (Å²) >= 11 is 0. The Morgan fingerprint density at radius 3 is 1.26 bits per heavy atom. The van der Waals surface area contributed by atoms with E-state index in [-0.39, 0.29) is 35.3 Å². The molecular formula is C46H50FN29O21. The van der Waals surface area contributed by atoms with Gasteiger partial charge < -0.3 is 52.8 Å². The van der Waals surface area contributed by atoms with E-state index in [0.717, 1.165) is 76.2 Å². The molecule has 4 aliphatic rings. The number of aliphatic hydroxyl groups excluding tert-OH is 2. The largest absolute Gasteiger partial charge is 0.458 e. The lowest BCUT2D eigenvalue weighted by Gasteiger charge is -2.47. The van der Waals surface area contributed by atoms with Gasteiger partial charge in [-0.2, -0.15) is 0 Å². The number of nitrogens with zero attached hydrogens (tertiary/aromatic N) is 29. The fourth-order valence-electron chi connectivity index (χ4n) is 9.77. The van der Waals surface area contributed by atoms with E-state index in [1.165, 1.54) is 0 Å². The summed E-state index contributed by atoms with van der Waals surface area (Å²) in [5.41, 5.74) is 79.4. The zero-order chi connectivity index (χ0) is 72.1. The van der Waals surface area contributed by atoms with Gasteiger partial charge >= 0.3 is 35.8 Å². The average Bonchev–Trinajstić information content (AvgIpc) is 0.778. The number of alkyl halides is 1. The number of carbonyl (C=O) groups is 6. The maximum Gasteiger partial charge on any atom is 0.338 e. The summed E-state index contributed by atoms with van der Waals surface area (Å²) in [7, 11) is 0. The molecule has 2 heterocycles. The van der Waals surface area contributed by atoms with Crippen molar-refractivity contribution in [3.63, 3.8) is 0 Å². The minimum atomic E-state index is -2.15. The number of nitro groups is 2. The summed E-state index contributed by atoms with van der Waals surface area (Å²) < 4.78 is 63.0. The molecule has 2 aliphatic heterocycles. The first-order valence-electron chi connectivity index (χ1n) is 27.2. The molecule has 0 aromatic heterocycles. The van der Waals surface area contributed by atoms with E-state index >= 15 is 0 Å². The van der Waals surface area contributed by atoms with Gasteiger partial charge in [-0.3, -0.25) is 39.4 Å². The molecule has 6 rings (SSSR count). The van der Waals surface area contributed by atoms with E-state index in [1.54, 1.807) is 0 Å². The summed E-state index contributed by atoms with van der Waals surface area (Å²) in [6.45, 7) is 3.20. The number of esters is 6. The van der Waals surface area contributed by atoms with E-state index in [1.807, 2.05) is 0 Å². The van der Waals surface area contributed by atoms with Crippen LogP contribution in [0.3, 0.4) is 0 Å². The third kappa shape index (κ3) is 21.6. The van der Waals surface area contributed by atoms with Crippen LogP contribution in [0.25, 0.3) is 94.0 Å². The van der Waals surface area contributed by atoms with E-state index in [4.69, 9.17) is 75.8 Å². The van der Waals surface area contributed by atoms with Gasteiger partial charge in [-0.25, -0.2) is 14.0 Å². The van der Waals surface area contributed by atoms with Crippen LogP contribution in [0.4, 0.5) is 15.8 Å². The Bertz CT molecular complexity index is 3690. The van der Waals surface area contributed by atoms with Crippen molar-refractivity contribution >= 4 is 47.2 Å². The number of aliphatic hydroxyl groups is 2. The van der Waals surface area contributed by atoms with Crippen molar-refractivity contribution in [2.45, 2.75) is 163 Å². The molecule has 20 atom stereocenters. The molecule has 2 saturated carbocycles. The average molecular weight is 1360 g/mol. The van der Waals surface area contributed by atoms with Crippen molar-refractivity contribution in [3.8, 4) is 0 Å². The number of halogens is 1. The molecule has 51 heteroatoms. The smallest absolute Gasteiger partial charge is 0.338 e. The molecule has 2 aliphatic carbocycles. The highest BCUT2D eigenvalue weighted by Crippen LogP contribution is 2.38. The molecule has 50 nitrogen and oxygen atoms in total. The molecule has 0 bridgehead atoms. The van der Waals surface area contributed by atoms with Crippen LogP contribution in [-0.2, 0) is 61.8 Å². The van der Waals surface area contributed by atoms with Crippen molar-refractivity contribution in [2.75, 3.05) is 13.1 Å². The van der Waals surface area contributed by atoms with Gasteiger partial charge in [-0.1, -0.05) is 46.0 Å². The van der Waals surface area contributed by atoms with Gasteiger partial charge in [0, 0.05) is 96.2 Å². The van der Waals surface area contributed by atoms with Gasteiger partial charge in [-0.15, -0.1) is 0 Å². The Morgan fingerprint density at radius 2 is 0.835 bits per heavy atom. The van der Waals surface area contributed by atoms with Gasteiger partial charge in [0.25, 0.3) is 11.4 Å². The molecular weight excluding hydrogens is 1310 g/mol. The molecule has 512 valence electrons. The second kappa shape index (κ2) is 37.9. The third-order valence-corrected chi connectivity index (χ3v) is 13.7. The van der Waals surface area contributed by atoms with Crippen LogP contribution in [-0.4, -0.2) is 191 Å². The number of non-ortho nitro benzene ring substituents is 2. The van der Waals surface area contributed by atoms with E-state index < -0.39 is 181 Å². The molecule has 0 radical (unpaired) electrons. The molecule has 0 spiro atoms. The van der Waals surface area contributed by atoms with Crippen molar-refractivity contribution < 1.29 is 95.8 Å². The molecule has 2 aromatic carbocycles. The van der Waals surface area contributed by atoms with E-state index in [0.29, 0.717) is 0 Å². The summed E-state index contributed by atoms with van der Waals surface area (Å²) in [6, 6.07) is -0.898. The fourth-order valence-corrected chi connectivity index (χ4v) is 9.77. The summed E-state index contributed by atoms with van der Waals surface area (Å²) in [6.07, 6.45) is -20.8. The van der Waals surface area contributed by atoms with Crippen molar-refractivity contribution in [2.24, 2.45) is 46.0 Å². The highest BCUT2D eigenvalue weighted by Gasteiger charge is 2.55. The number of benzene rings is 2. The van der Waals surface area contributed by atoms with E-state index in [9.17, 15) is 80.2 Å². The van der Waals surface area contributed by atoms with Crippen molar-refractivity contribution in [1.82, 2.24) is 0 Å². The molecule has 2 saturated heterocycles. The van der Waals surface area contributed by atoms with Crippen LogP contribution < -0.4 is 0 Å². The monoisotopic (exact) mass is 1360 g/mol. The Balaban J connectivity index is 0.000000348. The highest BCUT2D eigenvalue weighted by atomic mass is 19.1. The minimum Gasteiger partial charge on any atom is -0.458 e. The number of ether oxygens (including phenoxy) is 9. The van der Waals surface area contributed by atoms with Gasteiger partial charge in [0.15, 0.2) is 37.1 Å². The van der Waals surface area contributed by atoms with Crippen molar-refractivity contribution in [1.29, 1.82) is 0 Å². The number of hydrogen-bond acceptors (Lipinski definition) is 30. The molecule has 97 heavy (non-hydrogen) atoms. The number of rotatable bonds is 23. The first kappa shape index (κ1) is 77.0. The molecule has 0 amide bonds. The summed E-state index contributed by atoms with van der Waals surface area (Å²) in [4.78, 5) is 116. The van der Waals surface area contributed by atoms with Gasteiger partial charge in [-0.05, 0) is 86.9 Å². The lowest BCUT2D eigenvalue weighted by Crippen LogP contribution is -2.63. The van der Waals surface area contributed by atoms with Gasteiger partial charge in [0.1, 0.15) is 54.8 Å². The fraction of sp³-hybridized carbons (Fsp3) is 0.609. The standard InChI is InChI=1S/C23H24N16O10.C13H12FN7O6.C10H14N6O5/c1-9(40)45-18-13(30-35-25)7-14(31-36-26)19(21(18)46-10(2)41)49-23-17(33-38-28)16(32-37-27)20(15(47-23)8-29-34-24)48-22(42)11-3-5-12(6-4-11)39(43)44;14-9-10(18-20-16)13(23)26-8(5-17-19-15)11(9)27-12(22)6-1-3-7(4-2-6)21(24)25;1-4(17)20-9-7(14-16-12)3-6(13-15-11)8(19)10(9)21-5(2)18/h3-6,13-21,23H,7-8H2,1-2H3;1-4,8-11,13,23H,5H2;6-10,19H,3H2,1-2H3/t13-,14+,15-,16-,17-,18+,19-,20+,21-,23-;8-,9-,10-,11+,13?;6-,7+,8+,9-,10-/m110/s1. The normalized spacial score (nSPS) is 28.7. The van der Waals surface area contributed by atoms with Crippen LogP contribution in [0.5, 0.6) is 0 Å². The Labute approximate surface area is 537 Å². The second-order valence-electron chi connectivity index (χ2n) is 19.8. The molecule has 4 fully saturated rings.